The number of nitrogens with zero attached hydrogens (tertiary/aromatic N) is 1. The first-order valence-corrected chi connectivity index (χ1v) is 5.61. The Kier molecular flexibility index (Phi) is 3.52. The molecule has 0 atom stereocenters. The van der Waals surface area contributed by atoms with Crippen molar-refractivity contribution in [1.29, 1.82) is 0 Å². The van der Waals surface area contributed by atoms with Crippen LogP contribution in [-0.2, 0) is 0 Å². The number of nitrogens with two attached hydrogens (primary N) is 1. The third-order valence-corrected chi connectivity index (χ3v) is 2.61. The highest BCUT2D eigenvalue weighted by Gasteiger charge is 2.13. The van der Waals surface area contributed by atoms with E-state index in [2.05, 4.69) is 5.32 Å². The van der Waals surface area contributed by atoms with Gasteiger partial charge in [-0.2, -0.15) is 0 Å². The number of rotatable bonds is 3. The second-order valence-electron chi connectivity index (χ2n) is 4.03. The quantitative estimate of drug-likeness (QED) is 0.342. The van der Waals surface area contributed by atoms with Crippen molar-refractivity contribution in [3.63, 3.8) is 0 Å². The van der Waals surface area contributed by atoms with Crippen molar-refractivity contribution in [2.24, 2.45) is 0 Å². The lowest BCUT2D eigenvalue weighted by Crippen LogP contribution is -2.12. The van der Waals surface area contributed by atoms with Gasteiger partial charge < -0.3 is 16.2 Å². The van der Waals surface area contributed by atoms with Gasteiger partial charge in [0.25, 0.3) is 11.6 Å². The Morgan fingerprint density at radius 1 is 1.20 bits per heavy atom. The van der Waals surface area contributed by atoms with Gasteiger partial charge >= 0.3 is 0 Å². The molecule has 2 aromatic rings. The van der Waals surface area contributed by atoms with Gasteiger partial charge in [-0.25, -0.2) is 0 Å². The highest BCUT2D eigenvalue weighted by atomic mass is 16.6. The van der Waals surface area contributed by atoms with E-state index in [9.17, 15) is 20.0 Å². The molecule has 0 spiro atoms. The Hall–Kier alpha value is -3.09. The Labute approximate surface area is 113 Å². The van der Waals surface area contributed by atoms with E-state index in [1.165, 1.54) is 12.1 Å². The summed E-state index contributed by atoms with van der Waals surface area (Å²) in [7, 11) is 0. The Bertz CT molecular complexity index is 668. The van der Waals surface area contributed by atoms with Crippen LogP contribution in [0.3, 0.4) is 0 Å². The molecule has 0 unspecified atom stereocenters. The van der Waals surface area contributed by atoms with Gasteiger partial charge in [-0.15, -0.1) is 0 Å². The maximum Gasteiger partial charge on any atom is 0.271 e. The molecule has 2 rings (SSSR count). The first-order chi connectivity index (χ1) is 9.47. The van der Waals surface area contributed by atoms with Crippen LogP contribution in [0.4, 0.5) is 17.1 Å². The van der Waals surface area contributed by atoms with E-state index in [0.717, 1.165) is 18.2 Å². The number of non-ortho nitro benzene ring substituents is 1. The number of hydrogen-bond donors (Lipinski definition) is 3. The Balaban J connectivity index is 2.25. The predicted molar refractivity (Wildman–Crippen MR) is 73.6 cm³/mol. The second-order valence-corrected chi connectivity index (χ2v) is 4.03. The van der Waals surface area contributed by atoms with E-state index >= 15 is 0 Å². The number of phenols is 1. The number of benzene rings is 2. The standard InChI is InChI=1S/C13H11N3O4/c14-9-3-1-8(2-4-9)13(18)15-11-7-10(16(19)20)5-6-12(11)17/h1-7,17H,14H2,(H,15,18). The molecule has 0 bridgehead atoms. The molecule has 0 fully saturated rings. The van der Waals surface area contributed by atoms with Crippen LogP contribution in [0, 0.1) is 10.1 Å². The van der Waals surface area contributed by atoms with Crippen molar-refractivity contribution < 1.29 is 14.8 Å². The largest absolute Gasteiger partial charge is 0.506 e. The first-order valence-electron chi connectivity index (χ1n) is 5.61. The van der Waals surface area contributed by atoms with Crippen molar-refractivity contribution >= 4 is 23.0 Å². The summed E-state index contributed by atoms with van der Waals surface area (Å²) >= 11 is 0. The fourth-order valence-corrected chi connectivity index (χ4v) is 1.57. The van der Waals surface area contributed by atoms with Gasteiger partial charge in [0.1, 0.15) is 5.75 Å². The molecule has 0 aliphatic carbocycles. The Morgan fingerprint density at radius 3 is 2.45 bits per heavy atom. The Morgan fingerprint density at radius 2 is 1.85 bits per heavy atom. The van der Waals surface area contributed by atoms with Gasteiger partial charge in [0.05, 0.1) is 10.6 Å². The normalized spacial score (nSPS) is 10.0. The van der Waals surface area contributed by atoms with Gasteiger partial charge in [-0.05, 0) is 30.3 Å². The van der Waals surface area contributed by atoms with E-state index in [1.54, 1.807) is 12.1 Å². The van der Waals surface area contributed by atoms with Crippen LogP contribution < -0.4 is 11.1 Å². The number of anilines is 2. The van der Waals surface area contributed by atoms with Gasteiger partial charge in [-0.1, -0.05) is 0 Å². The second kappa shape index (κ2) is 5.27. The molecule has 2 aromatic carbocycles. The number of amides is 1. The van der Waals surface area contributed by atoms with Crippen LogP contribution in [0.15, 0.2) is 42.5 Å². The number of carbonyl (C=O) groups is 1. The van der Waals surface area contributed by atoms with E-state index in [4.69, 9.17) is 5.73 Å². The lowest BCUT2D eigenvalue weighted by Gasteiger charge is -2.07. The zero-order chi connectivity index (χ0) is 14.7. The molecule has 0 aromatic heterocycles. The molecule has 0 aliphatic heterocycles. The highest BCUT2D eigenvalue weighted by molar-refractivity contribution is 6.05. The molecular weight excluding hydrogens is 262 g/mol. The minimum Gasteiger partial charge on any atom is -0.506 e. The molecule has 102 valence electrons. The SMILES string of the molecule is Nc1ccc(C(=O)Nc2cc([N+](=O)[O-])ccc2O)cc1. The number of aromatic hydroxyl groups is 1. The molecule has 0 heterocycles. The third-order valence-electron chi connectivity index (χ3n) is 2.61. The van der Waals surface area contributed by atoms with Crippen LogP contribution in [-0.4, -0.2) is 15.9 Å². The van der Waals surface area contributed by atoms with Gasteiger partial charge in [0, 0.05) is 23.4 Å². The summed E-state index contributed by atoms with van der Waals surface area (Å²) in [5.74, 6) is -0.750. The smallest absolute Gasteiger partial charge is 0.271 e. The monoisotopic (exact) mass is 273 g/mol. The summed E-state index contributed by atoms with van der Waals surface area (Å²) < 4.78 is 0. The maximum absolute atomic E-state index is 11.9. The molecule has 7 heteroatoms. The third kappa shape index (κ3) is 2.83. The summed E-state index contributed by atoms with van der Waals surface area (Å²) in [6.07, 6.45) is 0. The minimum absolute atomic E-state index is 0.0268. The van der Waals surface area contributed by atoms with Gasteiger partial charge in [0.2, 0.25) is 0 Å². The molecule has 0 aliphatic rings. The summed E-state index contributed by atoms with van der Waals surface area (Å²) in [5, 5.41) is 22.7. The van der Waals surface area contributed by atoms with Crippen LogP contribution >= 0.6 is 0 Å². The number of nitrogen functional groups attached to an aromatic ring is 1. The van der Waals surface area contributed by atoms with E-state index in [-0.39, 0.29) is 17.1 Å². The highest BCUT2D eigenvalue weighted by Crippen LogP contribution is 2.28. The summed E-state index contributed by atoms with van der Waals surface area (Å²) in [4.78, 5) is 22.0. The minimum atomic E-state index is -0.613. The number of hydrogen-bond acceptors (Lipinski definition) is 5. The van der Waals surface area contributed by atoms with Crippen molar-refractivity contribution in [1.82, 2.24) is 0 Å². The molecule has 4 N–H and O–H groups in total. The number of carbonyl (C=O) groups excluding carboxylic acids is 1. The molecule has 1 amide bonds. The molecular formula is C13H11N3O4. The molecule has 7 nitrogen and oxygen atoms in total. The topological polar surface area (TPSA) is 118 Å². The lowest BCUT2D eigenvalue weighted by atomic mass is 10.2. The number of nitro groups is 1. The zero-order valence-corrected chi connectivity index (χ0v) is 10.2. The summed E-state index contributed by atoms with van der Waals surface area (Å²) in [6, 6.07) is 9.53. The number of nitrogens with one attached hydrogen (secondary N) is 1. The first kappa shape index (κ1) is 13.3. The van der Waals surface area contributed by atoms with Crippen LogP contribution in [0.5, 0.6) is 5.75 Å². The van der Waals surface area contributed by atoms with Crippen molar-refractivity contribution in [2.45, 2.75) is 0 Å². The predicted octanol–water partition coefficient (Wildman–Crippen LogP) is 2.13. The van der Waals surface area contributed by atoms with Crippen LogP contribution in [0.25, 0.3) is 0 Å². The summed E-state index contributed by atoms with van der Waals surface area (Å²) in [6.45, 7) is 0. The van der Waals surface area contributed by atoms with Crippen LogP contribution in [0.1, 0.15) is 10.4 Å². The van der Waals surface area contributed by atoms with Crippen molar-refractivity contribution in [2.75, 3.05) is 11.1 Å². The van der Waals surface area contributed by atoms with Crippen molar-refractivity contribution in [3.05, 3.63) is 58.1 Å². The molecule has 0 saturated carbocycles. The van der Waals surface area contributed by atoms with Gasteiger partial charge in [0.15, 0.2) is 0 Å². The number of nitro benzene ring substituents is 1. The zero-order valence-electron chi connectivity index (χ0n) is 10.2. The maximum atomic E-state index is 11.9. The molecule has 0 radical (unpaired) electrons. The average molecular weight is 273 g/mol. The fourth-order valence-electron chi connectivity index (χ4n) is 1.57. The molecule has 0 saturated heterocycles. The number of phenolic OH excluding ortho intramolecular Hbond substituents is 1. The van der Waals surface area contributed by atoms with Gasteiger partial charge in [-0.3, -0.25) is 14.9 Å². The molecule has 20 heavy (non-hydrogen) atoms. The fraction of sp³-hybridized carbons (Fsp3) is 0. The van der Waals surface area contributed by atoms with E-state index in [0.29, 0.717) is 11.3 Å². The van der Waals surface area contributed by atoms with Crippen LogP contribution in [0.2, 0.25) is 0 Å². The summed E-state index contributed by atoms with van der Waals surface area (Å²) in [5.41, 5.74) is 6.09. The van der Waals surface area contributed by atoms with E-state index in [1.807, 2.05) is 0 Å². The van der Waals surface area contributed by atoms with Crippen molar-refractivity contribution in [3.8, 4) is 5.75 Å². The lowest BCUT2D eigenvalue weighted by molar-refractivity contribution is -0.384. The van der Waals surface area contributed by atoms with E-state index < -0.39 is 10.8 Å². The average Bonchev–Trinajstić information content (AvgIpc) is 2.41.